The third-order valence-electron chi connectivity index (χ3n) is 5.10. The molecule has 0 unspecified atom stereocenters. The molecule has 2 aromatic carbocycles. The standard InChI is InChI=1S/C23H29NO3/c1-14-7-10-19-20(13-23(5,6)27-21(19)11-14)24-22(25)17(4)26-18-9-8-15(2)16(3)12-18/h7-12,17,20H,13H2,1-6H3,(H,24,25)/t17-,20-/m1/s1. The van der Waals surface area contributed by atoms with Crippen molar-refractivity contribution in [2.24, 2.45) is 0 Å². The lowest BCUT2D eigenvalue weighted by molar-refractivity contribution is -0.128. The van der Waals surface area contributed by atoms with Crippen LogP contribution in [-0.4, -0.2) is 17.6 Å². The van der Waals surface area contributed by atoms with Gasteiger partial charge in [-0.05, 0) is 76.4 Å². The molecule has 27 heavy (non-hydrogen) atoms. The van der Waals surface area contributed by atoms with Crippen molar-refractivity contribution in [1.29, 1.82) is 0 Å². The lowest BCUT2D eigenvalue weighted by atomic mass is 9.89. The molecular weight excluding hydrogens is 338 g/mol. The number of amides is 1. The maximum Gasteiger partial charge on any atom is 0.261 e. The van der Waals surface area contributed by atoms with Crippen LogP contribution in [0.25, 0.3) is 0 Å². The zero-order valence-electron chi connectivity index (χ0n) is 17.1. The Labute approximate surface area is 161 Å². The number of rotatable bonds is 4. The van der Waals surface area contributed by atoms with Gasteiger partial charge in [0.25, 0.3) is 5.91 Å². The maximum atomic E-state index is 12.8. The Bertz CT molecular complexity index is 857. The number of carbonyl (C=O) groups excluding carboxylic acids is 1. The van der Waals surface area contributed by atoms with Gasteiger partial charge in [-0.3, -0.25) is 4.79 Å². The van der Waals surface area contributed by atoms with E-state index >= 15 is 0 Å². The van der Waals surface area contributed by atoms with Gasteiger partial charge in [0.15, 0.2) is 6.10 Å². The van der Waals surface area contributed by atoms with Crippen LogP contribution in [0.4, 0.5) is 0 Å². The minimum atomic E-state index is -0.577. The normalized spacial score (nSPS) is 18.8. The summed E-state index contributed by atoms with van der Waals surface area (Å²) in [6, 6.07) is 11.9. The summed E-state index contributed by atoms with van der Waals surface area (Å²) in [6.45, 7) is 12.0. The number of nitrogens with one attached hydrogen (secondary N) is 1. The lowest BCUT2D eigenvalue weighted by Crippen LogP contribution is -2.44. The predicted octanol–water partition coefficient (Wildman–Crippen LogP) is 4.80. The predicted molar refractivity (Wildman–Crippen MR) is 107 cm³/mol. The summed E-state index contributed by atoms with van der Waals surface area (Å²) in [7, 11) is 0. The fraction of sp³-hybridized carbons (Fsp3) is 0.435. The van der Waals surface area contributed by atoms with Gasteiger partial charge in [0.2, 0.25) is 0 Å². The second kappa shape index (κ2) is 7.26. The van der Waals surface area contributed by atoms with Gasteiger partial charge in [-0.2, -0.15) is 0 Å². The number of hydrogen-bond acceptors (Lipinski definition) is 3. The van der Waals surface area contributed by atoms with Crippen molar-refractivity contribution < 1.29 is 14.3 Å². The molecule has 0 aliphatic carbocycles. The Balaban J connectivity index is 1.74. The van der Waals surface area contributed by atoms with Gasteiger partial charge in [0.05, 0.1) is 6.04 Å². The topological polar surface area (TPSA) is 47.6 Å². The van der Waals surface area contributed by atoms with Crippen LogP contribution in [0.2, 0.25) is 0 Å². The lowest BCUT2D eigenvalue weighted by Gasteiger charge is -2.38. The van der Waals surface area contributed by atoms with Crippen LogP contribution in [0.3, 0.4) is 0 Å². The van der Waals surface area contributed by atoms with E-state index in [2.05, 4.69) is 18.3 Å². The van der Waals surface area contributed by atoms with Gasteiger partial charge in [-0.1, -0.05) is 18.2 Å². The Morgan fingerprint density at radius 2 is 1.89 bits per heavy atom. The highest BCUT2D eigenvalue weighted by molar-refractivity contribution is 5.81. The molecule has 1 aliphatic rings. The SMILES string of the molecule is Cc1ccc2c(c1)OC(C)(C)C[C@H]2NC(=O)[C@@H](C)Oc1ccc(C)c(C)c1. The molecule has 1 heterocycles. The van der Waals surface area contributed by atoms with Crippen molar-refractivity contribution >= 4 is 5.91 Å². The molecule has 3 rings (SSSR count). The van der Waals surface area contributed by atoms with E-state index in [1.165, 1.54) is 5.56 Å². The number of carbonyl (C=O) groups is 1. The van der Waals surface area contributed by atoms with Crippen molar-refractivity contribution in [3.8, 4) is 11.5 Å². The van der Waals surface area contributed by atoms with E-state index in [4.69, 9.17) is 9.47 Å². The zero-order valence-corrected chi connectivity index (χ0v) is 17.1. The van der Waals surface area contributed by atoms with Crippen molar-refractivity contribution in [3.63, 3.8) is 0 Å². The Kier molecular flexibility index (Phi) is 5.18. The van der Waals surface area contributed by atoms with Crippen LogP contribution >= 0.6 is 0 Å². The summed E-state index contributed by atoms with van der Waals surface area (Å²) >= 11 is 0. The van der Waals surface area contributed by atoms with Gasteiger partial charge in [0, 0.05) is 12.0 Å². The Morgan fingerprint density at radius 1 is 1.15 bits per heavy atom. The Hall–Kier alpha value is -2.49. The van der Waals surface area contributed by atoms with Crippen molar-refractivity contribution in [2.45, 2.75) is 65.7 Å². The van der Waals surface area contributed by atoms with E-state index in [0.717, 1.165) is 22.4 Å². The van der Waals surface area contributed by atoms with Gasteiger partial charge < -0.3 is 14.8 Å². The molecule has 2 aromatic rings. The average Bonchev–Trinajstić information content (AvgIpc) is 2.56. The minimum Gasteiger partial charge on any atom is -0.487 e. The molecule has 1 aliphatic heterocycles. The Morgan fingerprint density at radius 3 is 2.59 bits per heavy atom. The van der Waals surface area contributed by atoms with E-state index in [-0.39, 0.29) is 17.6 Å². The summed E-state index contributed by atoms with van der Waals surface area (Å²) in [5.74, 6) is 1.44. The van der Waals surface area contributed by atoms with Crippen LogP contribution in [-0.2, 0) is 4.79 Å². The van der Waals surface area contributed by atoms with E-state index in [1.54, 1.807) is 6.92 Å². The van der Waals surface area contributed by atoms with Crippen molar-refractivity contribution in [2.75, 3.05) is 0 Å². The first kappa shape index (κ1) is 19.3. The molecule has 4 heteroatoms. The molecule has 0 radical (unpaired) electrons. The summed E-state index contributed by atoms with van der Waals surface area (Å²) in [5.41, 5.74) is 4.18. The van der Waals surface area contributed by atoms with Gasteiger partial charge in [-0.15, -0.1) is 0 Å². The third-order valence-corrected chi connectivity index (χ3v) is 5.10. The molecule has 1 N–H and O–H groups in total. The molecule has 0 saturated carbocycles. The zero-order chi connectivity index (χ0) is 19.8. The molecule has 0 fully saturated rings. The van der Waals surface area contributed by atoms with Gasteiger partial charge in [-0.25, -0.2) is 0 Å². The summed E-state index contributed by atoms with van der Waals surface area (Å²) in [5, 5.41) is 3.15. The molecule has 4 nitrogen and oxygen atoms in total. The van der Waals surface area contributed by atoms with E-state index in [0.29, 0.717) is 12.2 Å². The fourth-order valence-corrected chi connectivity index (χ4v) is 3.42. The first-order valence-corrected chi connectivity index (χ1v) is 9.48. The van der Waals surface area contributed by atoms with Crippen LogP contribution in [0.15, 0.2) is 36.4 Å². The highest BCUT2D eigenvalue weighted by Gasteiger charge is 2.35. The number of benzene rings is 2. The van der Waals surface area contributed by atoms with E-state index < -0.39 is 6.10 Å². The maximum absolute atomic E-state index is 12.8. The highest BCUT2D eigenvalue weighted by Crippen LogP contribution is 2.40. The van der Waals surface area contributed by atoms with Gasteiger partial charge >= 0.3 is 0 Å². The first-order chi connectivity index (χ1) is 12.6. The van der Waals surface area contributed by atoms with E-state index in [1.807, 2.05) is 58.0 Å². The minimum absolute atomic E-state index is 0.0948. The largest absolute Gasteiger partial charge is 0.487 e. The number of fused-ring (bicyclic) bond motifs is 1. The summed E-state index contributed by atoms with van der Waals surface area (Å²) in [6.07, 6.45) is 0.137. The second-order valence-electron chi connectivity index (χ2n) is 8.17. The fourth-order valence-electron chi connectivity index (χ4n) is 3.42. The molecule has 0 bridgehead atoms. The quantitative estimate of drug-likeness (QED) is 0.844. The number of ether oxygens (including phenoxy) is 2. The summed E-state index contributed by atoms with van der Waals surface area (Å²) < 4.78 is 12.0. The van der Waals surface area contributed by atoms with Crippen LogP contribution in [0.1, 0.15) is 55.5 Å². The van der Waals surface area contributed by atoms with Gasteiger partial charge in [0.1, 0.15) is 17.1 Å². The molecule has 1 amide bonds. The second-order valence-corrected chi connectivity index (χ2v) is 8.17. The van der Waals surface area contributed by atoms with Crippen LogP contribution in [0, 0.1) is 20.8 Å². The van der Waals surface area contributed by atoms with E-state index in [9.17, 15) is 4.79 Å². The highest BCUT2D eigenvalue weighted by atomic mass is 16.5. The van der Waals surface area contributed by atoms with Crippen LogP contribution in [0.5, 0.6) is 11.5 Å². The molecule has 0 spiro atoms. The van der Waals surface area contributed by atoms with Crippen molar-refractivity contribution in [1.82, 2.24) is 5.32 Å². The number of aryl methyl sites for hydroxylation is 3. The molecular formula is C23H29NO3. The average molecular weight is 367 g/mol. The van der Waals surface area contributed by atoms with Crippen molar-refractivity contribution in [3.05, 3.63) is 58.7 Å². The molecule has 2 atom stereocenters. The van der Waals surface area contributed by atoms with Crippen LogP contribution < -0.4 is 14.8 Å². The number of hydrogen-bond donors (Lipinski definition) is 1. The monoisotopic (exact) mass is 367 g/mol. The third kappa shape index (κ3) is 4.44. The smallest absolute Gasteiger partial charge is 0.261 e. The molecule has 0 saturated heterocycles. The summed E-state index contributed by atoms with van der Waals surface area (Å²) in [4.78, 5) is 12.8. The molecule has 144 valence electrons. The first-order valence-electron chi connectivity index (χ1n) is 9.48. The molecule has 0 aromatic heterocycles.